The molecular weight excluding hydrogens is 220 g/mol. The number of aromatic nitrogens is 1. The van der Waals surface area contributed by atoms with Gasteiger partial charge in [0, 0.05) is 17.3 Å². The molecule has 0 amide bonds. The number of nitrogens with zero attached hydrogens (tertiary/aromatic N) is 1. The van der Waals surface area contributed by atoms with E-state index in [9.17, 15) is 5.11 Å². The average molecular weight is 235 g/mol. The van der Waals surface area contributed by atoms with Crippen molar-refractivity contribution in [2.24, 2.45) is 5.73 Å². The van der Waals surface area contributed by atoms with Crippen molar-refractivity contribution in [2.45, 2.75) is 19.6 Å². The summed E-state index contributed by atoms with van der Waals surface area (Å²) in [6.07, 6.45) is 1.44. The lowest BCUT2D eigenvalue weighted by Crippen LogP contribution is -2.17. The second-order valence-electron chi connectivity index (χ2n) is 3.08. The van der Waals surface area contributed by atoms with Gasteiger partial charge in [-0.3, -0.25) is 4.98 Å². The number of aromatic hydroxyl groups is 1. The normalized spacial score (nSPS) is 12.0. The molecule has 0 aliphatic heterocycles. The summed E-state index contributed by atoms with van der Waals surface area (Å²) >= 11 is 0. The molecule has 86 valence electrons. The van der Waals surface area contributed by atoms with Gasteiger partial charge in [-0.1, -0.05) is 0 Å². The van der Waals surface area contributed by atoms with E-state index < -0.39 is 6.04 Å². The molecular formula is C9H15ClN2O3. The molecule has 1 aromatic heterocycles. The van der Waals surface area contributed by atoms with Crippen molar-refractivity contribution in [1.82, 2.24) is 4.98 Å². The van der Waals surface area contributed by atoms with E-state index in [1.165, 1.54) is 6.20 Å². The highest BCUT2D eigenvalue weighted by atomic mass is 35.5. The number of nitrogens with two attached hydrogens (primary N) is 1. The van der Waals surface area contributed by atoms with E-state index in [2.05, 4.69) is 4.98 Å². The van der Waals surface area contributed by atoms with Gasteiger partial charge in [0.15, 0.2) is 0 Å². The zero-order valence-corrected chi connectivity index (χ0v) is 9.16. The molecule has 1 atom stereocenters. The highest BCUT2D eigenvalue weighted by Gasteiger charge is 2.16. The van der Waals surface area contributed by atoms with E-state index in [-0.39, 0.29) is 31.4 Å². The van der Waals surface area contributed by atoms with Gasteiger partial charge in [0.05, 0.1) is 24.9 Å². The van der Waals surface area contributed by atoms with Gasteiger partial charge in [0.1, 0.15) is 5.75 Å². The Morgan fingerprint density at radius 3 is 2.53 bits per heavy atom. The third-order valence-corrected chi connectivity index (χ3v) is 2.10. The molecule has 0 saturated carbocycles. The summed E-state index contributed by atoms with van der Waals surface area (Å²) in [5, 5.41) is 27.5. The third-order valence-electron chi connectivity index (χ3n) is 2.10. The zero-order valence-electron chi connectivity index (χ0n) is 8.34. The average Bonchev–Trinajstić information content (AvgIpc) is 2.20. The monoisotopic (exact) mass is 234 g/mol. The Hall–Kier alpha value is -0.880. The third kappa shape index (κ3) is 2.79. The summed E-state index contributed by atoms with van der Waals surface area (Å²) in [5.74, 6) is -0.0573. The quantitative estimate of drug-likeness (QED) is 0.590. The van der Waals surface area contributed by atoms with Crippen LogP contribution in [0.25, 0.3) is 0 Å². The number of aliphatic hydroxyl groups is 2. The van der Waals surface area contributed by atoms with Gasteiger partial charge in [-0.15, -0.1) is 12.4 Å². The fraction of sp³-hybridized carbons (Fsp3) is 0.444. The lowest BCUT2D eigenvalue weighted by molar-refractivity contribution is 0.255. The molecule has 5 nitrogen and oxygen atoms in total. The molecule has 0 unspecified atom stereocenters. The van der Waals surface area contributed by atoms with Crippen LogP contribution in [0.1, 0.15) is 22.9 Å². The molecule has 0 bridgehead atoms. The number of hydrogen-bond acceptors (Lipinski definition) is 5. The second-order valence-corrected chi connectivity index (χ2v) is 3.08. The maximum atomic E-state index is 9.65. The van der Waals surface area contributed by atoms with Crippen LogP contribution in [0.4, 0.5) is 0 Å². The minimum absolute atomic E-state index is 0. The summed E-state index contributed by atoms with van der Waals surface area (Å²) in [6.45, 7) is 1.08. The molecule has 6 heteroatoms. The standard InChI is InChI=1S/C9H14N2O3.ClH/c1-5-9(14)8(7(10)4-13)6(3-12)2-11-5;/h2,7,12-14H,3-4,10H2,1H3;1H/t7-;/m1./s1. The maximum Gasteiger partial charge on any atom is 0.141 e. The molecule has 0 aliphatic rings. The lowest BCUT2D eigenvalue weighted by Gasteiger charge is -2.15. The highest BCUT2D eigenvalue weighted by molar-refractivity contribution is 5.85. The van der Waals surface area contributed by atoms with E-state index in [1.807, 2.05) is 0 Å². The van der Waals surface area contributed by atoms with Gasteiger partial charge in [0.25, 0.3) is 0 Å². The SMILES string of the molecule is Cc1ncc(CO)c([C@H](N)CO)c1O.Cl. The van der Waals surface area contributed by atoms with Crippen LogP contribution < -0.4 is 5.73 Å². The summed E-state index contributed by atoms with van der Waals surface area (Å²) in [4.78, 5) is 3.88. The number of halogens is 1. The molecule has 5 N–H and O–H groups in total. The number of pyridine rings is 1. The first-order valence-electron chi connectivity index (χ1n) is 4.26. The number of aliphatic hydroxyl groups excluding tert-OH is 2. The van der Waals surface area contributed by atoms with E-state index in [0.29, 0.717) is 16.8 Å². The first kappa shape index (κ1) is 14.1. The maximum absolute atomic E-state index is 9.65. The molecule has 0 aromatic carbocycles. The van der Waals surface area contributed by atoms with Crippen LogP contribution in [0, 0.1) is 6.92 Å². The van der Waals surface area contributed by atoms with Crippen molar-refractivity contribution in [3.63, 3.8) is 0 Å². The van der Waals surface area contributed by atoms with Crippen molar-refractivity contribution in [3.05, 3.63) is 23.0 Å². The molecule has 15 heavy (non-hydrogen) atoms. The van der Waals surface area contributed by atoms with Crippen molar-refractivity contribution < 1.29 is 15.3 Å². The van der Waals surface area contributed by atoms with Crippen molar-refractivity contribution in [2.75, 3.05) is 6.61 Å². The first-order valence-corrected chi connectivity index (χ1v) is 4.26. The number of rotatable bonds is 3. The molecule has 0 saturated heterocycles. The van der Waals surface area contributed by atoms with E-state index in [1.54, 1.807) is 6.92 Å². The predicted octanol–water partition coefficient (Wildman–Crippen LogP) is 0.00182. The van der Waals surface area contributed by atoms with Crippen LogP contribution in [0.15, 0.2) is 6.20 Å². The van der Waals surface area contributed by atoms with Crippen LogP contribution in [0.5, 0.6) is 5.75 Å². The second kappa shape index (κ2) is 5.87. The Kier molecular flexibility index (Phi) is 5.53. The predicted molar refractivity (Wildman–Crippen MR) is 57.8 cm³/mol. The van der Waals surface area contributed by atoms with Crippen LogP contribution in [0.3, 0.4) is 0 Å². The summed E-state index contributed by atoms with van der Waals surface area (Å²) in [7, 11) is 0. The molecule has 0 aliphatic carbocycles. The van der Waals surface area contributed by atoms with Crippen molar-refractivity contribution in [1.29, 1.82) is 0 Å². The Morgan fingerprint density at radius 1 is 1.47 bits per heavy atom. The van der Waals surface area contributed by atoms with Gasteiger partial charge in [-0.05, 0) is 6.92 Å². The van der Waals surface area contributed by atoms with Crippen LogP contribution in [-0.4, -0.2) is 26.9 Å². The Bertz CT molecular complexity index is 333. The molecule has 1 heterocycles. The fourth-order valence-corrected chi connectivity index (χ4v) is 1.28. The molecule has 1 rings (SSSR count). The van der Waals surface area contributed by atoms with Gasteiger partial charge in [-0.2, -0.15) is 0 Å². The van der Waals surface area contributed by atoms with E-state index in [4.69, 9.17) is 15.9 Å². The van der Waals surface area contributed by atoms with Crippen LogP contribution in [0.2, 0.25) is 0 Å². The van der Waals surface area contributed by atoms with Gasteiger partial charge in [-0.25, -0.2) is 0 Å². The molecule has 1 aromatic rings. The van der Waals surface area contributed by atoms with Gasteiger partial charge < -0.3 is 21.1 Å². The van der Waals surface area contributed by atoms with E-state index in [0.717, 1.165) is 0 Å². The molecule has 0 radical (unpaired) electrons. The minimum atomic E-state index is -0.696. The Balaban J connectivity index is 0.00000196. The fourth-order valence-electron chi connectivity index (χ4n) is 1.28. The largest absolute Gasteiger partial charge is 0.506 e. The van der Waals surface area contributed by atoms with Crippen molar-refractivity contribution >= 4 is 12.4 Å². The topological polar surface area (TPSA) is 99.6 Å². The number of hydrogen-bond donors (Lipinski definition) is 4. The van der Waals surface area contributed by atoms with Crippen LogP contribution >= 0.6 is 12.4 Å². The molecule has 0 spiro atoms. The zero-order chi connectivity index (χ0) is 10.7. The first-order chi connectivity index (χ1) is 6.61. The molecule has 0 fully saturated rings. The number of aryl methyl sites for hydroxylation is 1. The Labute approximate surface area is 94.0 Å². The smallest absolute Gasteiger partial charge is 0.141 e. The van der Waals surface area contributed by atoms with Crippen LogP contribution in [-0.2, 0) is 6.61 Å². The summed E-state index contributed by atoms with van der Waals surface area (Å²) in [5.41, 5.74) is 6.83. The summed E-state index contributed by atoms with van der Waals surface area (Å²) in [6, 6.07) is -0.696. The minimum Gasteiger partial charge on any atom is -0.506 e. The Morgan fingerprint density at radius 2 is 2.07 bits per heavy atom. The van der Waals surface area contributed by atoms with Crippen molar-refractivity contribution in [3.8, 4) is 5.75 Å². The van der Waals surface area contributed by atoms with E-state index >= 15 is 0 Å². The summed E-state index contributed by atoms with van der Waals surface area (Å²) < 4.78 is 0. The van der Waals surface area contributed by atoms with Gasteiger partial charge in [0.2, 0.25) is 0 Å². The highest BCUT2D eigenvalue weighted by Crippen LogP contribution is 2.28. The van der Waals surface area contributed by atoms with Gasteiger partial charge >= 0.3 is 0 Å². The lowest BCUT2D eigenvalue weighted by atomic mass is 10.0.